The van der Waals surface area contributed by atoms with E-state index in [4.69, 9.17) is 0 Å². The van der Waals surface area contributed by atoms with Crippen molar-refractivity contribution in [2.75, 3.05) is 5.32 Å². The summed E-state index contributed by atoms with van der Waals surface area (Å²) in [6.07, 6.45) is 1.82. The Labute approximate surface area is 124 Å². The summed E-state index contributed by atoms with van der Waals surface area (Å²) in [5.41, 5.74) is 1.75. The quantitative estimate of drug-likeness (QED) is 0.782. The molecule has 0 aliphatic rings. The molecular formula is C16H19N5. The summed E-state index contributed by atoms with van der Waals surface area (Å²) in [6.45, 7) is 8.23. The number of aromatic nitrogens is 4. The van der Waals surface area contributed by atoms with E-state index in [1.807, 2.05) is 48.1 Å². The Morgan fingerprint density at radius 3 is 2.43 bits per heavy atom. The van der Waals surface area contributed by atoms with Crippen LogP contribution in [0.4, 0.5) is 5.82 Å². The van der Waals surface area contributed by atoms with Gasteiger partial charge in [-0.05, 0) is 39.8 Å². The first kappa shape index (κ1) is 13.5. The highest BCUT2D eigenvalue weighted by atomic mass is 15.3. The van der Waals surface area contributed by atoms with Gasteiger partial charge in [0, 0.05) is 5.54 Å². The van der Waals surface area contributed by atoms with Crippen molar-refractivity contribution in [1.82, 2.24) is 19.7 Å². The Bertz CT molecular complexity index is 768. The zero-order chi connectivity index (χ0) is 15.0. The first-order chi connectivity index (χ1) is 9.94. The monoisotopic (exact) mass is 281 g/mol. The number of hydrogen-bond donors (Lipinski definition) is 1. The average molecular weight is 281 g/mol. The fraction of sp³-hybridized carbons (Fsp3) is 0.312. The van der Waals surface area contributed by atoms with Gasteiger partial charge in [-0.1, -0.05) is 18.2 Å². The molecule has 0 unspecified atom stereocenters. The van der Waals surface area contributed by atoms with Crippen LogP contribution in [-0.4, -0.2) is 25.3 Å². The van der Waals surface area contributed by atoms with E-state index in [1.165, 1.54) is 0 Å². The summed E-state index contributed by atoms with van der Waals surface area (Å²) in [5, 5.41) is 8.83. The highest BCUT2D eigenvalue weighted by molar-refractivity contribution is 5.87. The summed E-state index contributed by atoms with van der Waals surface area (Å²) in [4.78, 5) is 9.07. The number of fused-ring (bicyclic) bond motifs is 1. The third-order valence-electron chi connectivity index (χ3n) is 3.03. The summed E-state index contributed by atoms with van der Waals surface area (Å²) in [6, 6.07) is 10.00. The summed E-state index contributed by atoms with van der Waals surface area (Å²) in [5.74, 6) is 1.55. The van der Waals surface area contributed by atoms with E-state index in [0.29, 0.717) is 0 Å². The molecule has 108 valence electrons. The maximum atomic E-state index is 4.55. The SMILES string of the molecule is Cc1nc(NC(C)(C)C)c2cnn(-c3ccccc3)c2n1. The van der Waals surface area contributed by atoms with Crippen LogP contribution >= 0.6 is 0 Å². The third-order valence-corrected chi connectivity index (χ3v) is 3.03. The van der Waals surface area contributed by atoms with Crippen molar-refractivity contribution in [3.8, 4) is 5.69 Å². The predicted octanol–water partition coefficient (Wildman–Crippen LogP) is 3.33. The number of hydrogen-bond acceptors (Lipinski definition) is 4. The molecule has 0 aliphatic heterocycles. The van der Waals surface area contributed by atoms with Crippen molar-refractivity contribution in [3.05, 3.63) is 42.4 Å². The Hall–Kier alpha value is -2.43. The summed E-state index contributed by atoms with van der Waals surface area (Å²) >= 11 is 0. The fourth-order valence-corrected chi connectivity index (χ4v) is 2.23. The number of aryl methyl sites for hydroxylation is 1. The van der Waals surface area contributed by atoms with Crippen LogP contribution in [-0.2, 0) is 0 Å². The minimum Gasteiger partial charge on any atom is -0.365 e. The second kappa shape index (κ2) is 4.84. The van der Waals surface area contributed by atoms with Crippen LogP contribution in [0.2, 0.25) is 0 Å². The third kappa shape index (κ3) is 2.72. The van der Waals surface area contributed by atoms with Crippen molar-refractivity contribution >= 4 is 16.9 Å². The van der Waals surface area contributed by atoms with E-state index in [0.717, 1.165) is 28.4 Å². The van der Waals surface area contributed by atoms with Gasteiger partial charge >= 0.3 is 0 Å². The molecule has 3 rings (SSSR count). The fourth-order valence-electron chi connectivity index (χ4n) is 2.23. The van der Waals surface area contributed by atoms with Gasteiger partial charge in [-0.2, -0.15) is 5.10 Å². The van der Waals surface area contributed by atoms with Gasteiger partial charge in [0.1, 0.15) is 11.6 Å². The van der Waals surface area contributed by atoms with E-state index >= 15 is 0 Å². The Kier molecular flexibility index (Phi) is 3.12. The Morgan fingerprint density at radius 2 is 1.76 bits per heavy atom. The minimum atomic E-state index is -0.0669. The van der Waals surface area contributed by atoms with Gasteiger partial charge in [0.2, 0.25) is 0 Å². The molecule has 3 aromatic rings. The number of anilines is 1. The van der Waals surface area contributed by atoms with Crippen LogP contribution < -0.4 is 5.32 Å². The average Bonchev–Trinajstić information content (AvgIpc) is 2.81. The second-order valence-electron chi connectivity index (χ2n) is 6.12. The van der Waals surface area contributed by atoms with Gasteiger partial charge in [0.05, 0.1) is 17.3 Å². The molecule has 0 bridgehead atoms. The lowest BCUT2D eigenvalue weighted by Crippen LogP contribution is -2.27. The largest absolute Gasteiger partial charge is 0.365 e. The predicted molar refractivity (Wildman–Crippen MR) is 84.8 cm³/mol. The van der Waals surface area contributed by atoms with Gasteiger partial charge in [-0.25, -0.2) is 14.6 Å². The number of nitrogens with one attached hydrogen (secondary N) is 1. The molecule has 0 amide bonds. The number of nitrogens with zero attached hydrogens (tertiary/aromatic N) is 4. The highest BCUT2D eigenvalue weighted by Crippen LogP contribution is 2.24. The lowest BCUT2D eigenvalue weighted by atomic mass is 10.1. The van der Waals surface area contributed by atoms with Gasteiger partial charge in [-0.3, -0.25) is 0 Å². The molecule has 0 fully saturated rings. The molecule has 2 heterocycles. The Balaban J connectivity index is 2.19. The molecule has 1 N–H and O–H groups in total. The zero-order valence-corrected chi connectivity index (χ0v) is 12.8. The van der Waals surface area contributed by atoms with Crippen molar-refractivity contribution < 1.29 is 0 Å². The highest BCUT2D eigenvalue weighted by Gasteiger charge is 2.17. The molecule has 5 nitrogen and oxygen atoms in total. The van der Waals surface area contributed by atoms with Crippen molar-refractivity contribution in [2.24, 2.45) is 0 Å². The number of para-hydroxylation sites is 1. The summed E-state index contributed by atoms with van der Waals surface area (Å²) in [7, 11) is 0. The summed E-state index contributed by atoms with van der Waals surface area (Å²) < 4.78 is 1.85. The van der Waals surface area contributed by atoms with Crippen LogP contribution in [0.3, 0.4) is 0 Å². The molecule has 21 heavy (non-hydrogen) atoms. The molecule has 0 radical (unpaired) electrons. The van der Waals surface area contributed by atoms with Crippen LogP contribution in [0, 0.1) is 6.92 Å². The number of rotatable bonds is 2. The molecule has 0 aliphatic carbocycles. The Morgan fingerprint density at radius 1 is 1.05 bits per heavy atom. The zero-order valence-electron chi connectivity index (χ0n) is 12.8. The molecule has 1 aromatic carbocycles. The first-order valence-corrected chi connectivity index (χ1v) is 7.00. The van der Waals surface area contributed by atoms with Crippen LogP contribution in [0.1, 0.15) is 26.6 Å². The first-order valence-electron chi connectivity index (χ1n) is 7.00. The van der Waals surface area contributed by atoms with Crippen molar-refractivity contribution in [2.45, 2.75) is 33.2 Å². The lowest BCUT2D eigenvalue weighted by molar-refractivity contribution is 0.631. The molecule has 5 heteroatoms. The van der Waals surface area contributed by atoms with Crippen molar-refractivity contribution in [1.29, 1.82) is 0 Å². The second-order valence-corrected chi connectivity index (χ2v) is 6.12. The van der Waals surface area contributed by atoms with Gasteiger partial charge < -0.3 is 5.32 Å². The van der Waals surface area contributed by atoms with Gasteiger partial charge in [-0.15, -0.1) is 0 Å². The molecule has 0 atom stereocenters. The smallest absolute Gasteiger partial charge is 0.168 e. The number of benzene rings is 1. The molecule has 0 saturated heterocycles. The molecule has 0 saturated carbocycles. The maximum Gasteiger partial charge on any atom is 0.168 e. The van der Waals surface area contributed by atoms with Crippen molar-refractivity contribution in [3.63, 3.8) is 0 Å². The molecule has 0 spiro atoms. The van der Waals surface area contributed by atoms with E-state index in [-0.39, 0.29) is 5.54 Å². The molecular weight excluding hydrogens is 262 g/mol. The van der Waals surface area contributed by atoms with E-state index in [2.05, 4.69) is 41.2 Å². The van der Waals surface area contributed by atoms with Crippen LogP contribution in [0.5, 0.6) is 0 Å². The van der Waals surface area contributed by atoms with Gasteiger partial charge in [0.15, 0.2) is 5.65 Å². The normalized spacial score (nSPS) is 11.8. The van der Waals surface area contributed by atoms with E-state index in [1.54, 1.807) is 0 Å². The standard InChI is InChI=1S/C16H19N5/c1-11-18-14(20-16(2,3)4)13-10-17-21(15(13)19-11)12-8-6-5-7-9-12/h5-10H,1-4H3,(H,18,19,20). The topological polar surface area (TPSA) is 55.6 Å². The van der Waals surface area contributed by atoms with E-state index < -0.39 is 0 Å². The minimum absolute atomic E-state index is 0.0669. The van der Waals surface area contributed by atoms with Crippen LogP contribution in [0.25, 0.3) is 16.7 Å². The lowest BCUT2D eigenvalue weighted by Gasteiger charge is -2.21. The van der Waals surface area contributed by atoms with Crippen LogP contribution in [0.15, 0.2) is 36.5 Å². The van der Waals surface area contributed by atoms with E-state index in [9.17, 15) is 0 Å². The molecule has 2 aromatic heterocycles. The van der Waals surface area contributed by atoms with Gasteiger partial charge in [0.25, 0.3) is 0 Å². The maximum absolute atomic E-state index is 4.55.